The number of nitrogens with one attached hydrogen (secondary N) is 1. The van der Waals surface area contributed by atoms with Gasteiger partial charge in [0.25, 0.3) is 5.91 Å². The Hall–Kier alpha value is -2.67. The van der Waals surface area contributed by atoms with Crippen LogP contribution < -0.4 is 10.1 Å². The number of methoxy groups -OCH3 is 1. The summed E-state index contributed by atoms with van der Waals surface area (Å²) >= 11 is 1.63. The van der Waals surface area contributed by atoms with Gasteiger partial charge in [0.05, 0.1) is 24.9 Å². The third-order valence-corrected chi connectivity index (χ3v) is 4.91. The molecule has 7 heteroatoms. The fourth-order valence-electron chi connectivity index (χ4n) is 2.68. The Bertz CT molecular complexity index is 858. The number of nitrogens with zero attached hydrogens (tertiary/aromatic N) is 3. The van der Waals surface area contributed by atoms with Crippen LogP contribution in [0.15, 0.2) is 41.4 Å². The van der Waals surface area contributed by atoms with Crippen LogP contribution in [0.4, 0.5) is 0 Å². The average molecular weight is 356 g/mol. The molecule has 130 valence electrons. The summed E-state index contributed by atoms with van der Waals surface area (Å²) in [6, 6.07) is 5.59. The molecule has 0 aliphatic heterocycles. The number of ether oxygens (including phenoxy) is 1. The first-order valence-corrected chi connectivity index (χ1v) is 8.84. The minimum absolute atomic E-state index is 0.156. The van der Waals surface area contributed by atoms with Gasteiger partial charge in [-0.05, 0) is 41.8 Å². The van der Waals surface area contributed by atoms with E-state index in [4.69, 9.17) is 4.74 Å². The largest absolute Gasteiger partial charge is 0.481 e. The highest BCUT2D eigenvalue weighted by Gasteiger charge is 2.22. The van der Waals surface area contributed by atoms with Crippen LogP contribution in [-0.2, 0) is 13.5 Å². The molecule has 1 amide bonds. The molecular formula is C18H20N4O2S. The van der Waals surface area contributed by atoms with Crippen molar-refractivity contribution in [3.05, 3.63) is 63.7 Å². The minimum Gasteiger partial charge on any atom is -0.481 e. The lowest BCUT2D eigenvalue weighted by atomic mass is 10.0. The van der Waals surface area contributed by atoms with E-state index in [9.17, 15) is 4.79 Å². The standard InChI is InChI=1S/C18H20N4O2S/c1-12-15(10-20-22(12)2)17(23)21-16(9-13-6-8-25-11-13)14-5-4-7-19-18(14)24-3/h4-8,10-11,16H,9H2,1-3H3,(H,21,23)/t16-/m1/s1. The number of amides is 1. The second-order valence-electron chi connectivity index (χ2n) is 5.73. The van der Waals surface area contributed by atoms with Crippen molar-refractivity contribution in [2.45, 2.75) is 19.4 Å². The van der Waals surface area contributed by atoms with E-state index in [1.54, 1.807) is 35.5 Å². The van der Waals surface area contributed by atoms with Crippen LogP contribution >= 0.6 is 11.3 Å². The van der Waals surface area contributed by atoms with Crippen molar-refractivity contribution in [3.63, 3.8) is 0 Å². The van der Waals surface area contributed by atoms with Crippen molar-refractivity contribution in [2.75, 3.05) is 7.11 Å². The number of aryl methyl sites for hydroxylation is 1. The van der Waals surface area contributed by atoms with Gasteiger partial charge in [0.15, 0.2) is 0 Å². The first-order chi connectivity index (χ1) is 12.1. The van der Waals surface area contributed by atoms with E-state index in [0.29, 0.717) is 17.9 Å². The predicted molar refractivity (Wildman–Crippen MR) is 97.0 cm³/mol. The number of rotatable bonds is 6. The van der Waals surface area contributed by atoms with Crippen LogP contribution in [0.2, 0.25) is 0 Å². The molecule has 25 heavy (non-hydrogen) atoms. The van der Waals surface area contributed by atoms with Gasteiger partial charge in [-0.2, -0.15) is 16.4 Å². The van der Waals surface area contributed by atoms with Gasteiger partial charge >= 0.3 is 0 Å². The summed E-state index contributed by atoms with van der Waals surface area (Å²) < 4.78 is 7.07. The van der Waals surface area contributed by atoms with Gasteiger partial charge in [-0.25, -0.2) is 4.98 Å². The molecule has 0 spiro atoms. The Morgan fingerprint density at radius 3 is 2.92 bits per heavy atom. The molecule has 1 N–H and O–H groups in total. The van der Waals surface area contributed by atoms with Crippen LogP contribution in [0.25, 0.3) is 0 Å². The third kappa shape index (κ3) is 3.71. The Labute approximate surface area is 150 Å². The van der Waals surface area contributed by atoms with Gasteiger partial charge in [-0.15, -0.1) is 0 Å². The van der Waals surface area contributed by atoms with E-state index in [2.05, 4.69) is 26.8 Å². The number of pyridine rings is 1. The van der Waals surface area contributed by atoms with E-state index in [-0.39, 0.29) is 11.9 Å². The van der Waals surface area contributed by atoms with Gasteiger partial charge < -0.3 is 10.1 Å². The van der Waals surface area contributed by atoms with Gasteiger partial charge in [0.1, 0.15) is 0 Å². The summed E-state index contributed by atoms with van der Waals surface area (Å²) in [6.45, 7) is 1.88. The Kier molecular flexibility index (Phi) is 5.14. The maximum Gasteiger partial charge on any atom is 0.255 e. The molecule has 3 aromatic heterocycles. The fourth-order valence-corrected chi connectivity index (χ4v) is 3.36. The van der Waals surface area contributed by atoms with Gasteiger partial charge in [0, 0.05) is 24.5 Å². The van der Waals surface area contributed by atoms with Crippen LogP contribution in [0, 0.1) is 6.92 Å². The lowest BCUT2D eigenvalue weighted by Crippen LogP contribution is -2.30. The molecule has 6 nitrogen and oxygen atoms in total. The van der Waals surface area contributed by atoms with E-state index < -0.39 is 0 Å². The summed E-state index contributed by atoms with van der Waals surface area (Å²) in [5.74, 6) is 0.364. The predicted octanol–water partition coefficient (Wildman–Crippen LogP) is 2.91. The van der Waals surface area contributed by atoms with Crippen LogP contribution in [0.1, 0.15) is 33.2 Å². The van der Waals surface area contributed by atoms with E-state index >= 15 is 0 Å². The minimum atomic E-state index is -0.245. The second kappa shape index (κ2) is 7.48. The maximum atomic E-state index is 12.8. The molecule has 0 fully saturated rings. The van der Waals surface area contributed by atoms with Gasteiger partial charge in [-0.1, -0.05) is 6.07 Å². The summed E-state index contributed by atoms with van der Waals surface area (Å²) in [6.07, 6.45) is 3.93. The summed E-state index contributed by atoms with van der Waals surface area (Å²) in [5.41, 5.74) is 3.40. The van der Waals surface area contributed by atoms with Crippen molar-refractivity contribution in [3.8, 4) is 5.88 Å². The number of hydrogen-bond donors (Lipinski definition) is 1. The number of carbonyl (C=O) groups excluding carboxylic acids is 1. The molecule has 0 bridgehead atoms. The number of thiophene rings is 1. The second-order valence-corrected chi connectivity index (χ2v) is 6.51. The topological polar surface area (TPSA) is 69.0 Å². The van der Waals surface area contributed by atoms with E-state index in [0.717, 1.165) is 16.8 Å². The first-order valence-electron chi connectivity index (χ1n) is 7.89. The Morgan fingerprint density at radius 2 is 2.28 bits per heavy atom. The van der Waals surface area contributed by atoms with Gasteiger partial charge in [-0.3, -0.25) is 9.48 Å². The molecular weight excluding hydrogens is 336 g/mol. The normalized spacial score (nSPS) is 12.0. The highest BCUT2D eigenvalue weighted by atomic mass is 32.1. The molecule has 0 aliphatic rings. The van der Waals surface area contributed by atoms with Crippen molar-refractivity contribution in [1.29, 1.82) is 0 Å². The molecule has 3 rings (SSSR count). The molecule has 3 aromatic rings. The first kappa shape index (κ1) is 17.2. The molecule has 0 saturated heterocycles. The third-order valence-electron chi connectivity index (χ3n) is 4.17. The number of hydrogen-bond acceptors (Lipinski definition) is 5. The number of carbonyl (C=O) groups is 1. The Balaban J connectivity index is 1.91. The fraction of sp³-hybridized carbons (Fsp3) is 0.278. The van der Waals surface area contributed by atoms with Crippen molar-refractivity contribution in [1.82, 2.24) is 20.1 Å². The van der Waals surface area contributed by atoms with Crippen LogP contribution in [-0.4, -0.2) is 27.8 Å². The quantitative estimate of drug-likeness (QED) is 0.737. The Morgan fingerprint density at radius 1 is 1.44 bits per heavy atom. The molecule has 0 aliphatic carbocycles. The molecule has 0 saturated carbocycles. The lowest BCUT2D eigenvalue weighted by Gasteiger charge is -2.20. The molecule has 0 aromatic carbocycles. The monoisotopic (exact) mass is 356 g/mol. The summed E-state index contributed by atoms with van der Waals surface area (Å²) in [7, 11) is 3.40. The van der Waals surface area contributed by atoms with Crippen molar-refractivity contribution in [2.24, 2.45) is 7.05 Å². The highest BCUT2D eigenvalue weighted by molar-refractivity contribution is 7.07. The smallest absolute Gasteiger partial charge is 0.255 e. The SMILES string of the molecule is COc1ncccc1[C@@H](Cc1ccsc1)NC(=O)c1cnn(C)c1C. The molecule has 3 heterocycles. The average Bonchev–Trinajstić information content (AvgIpc) is 3.25. The highest BCUT2D eigenvalue weighted by Crippen LogP contribution is 2.27. The summed E-state index contributed by atoms with van der Waals surface area (Å²) in [5, 5.41) is 11.4. The van der Waals surface area contributed by atoms with Crippen LogP contribution in [0.3, 0.4) is 0 Å². The zero-order valence-corrected chi connectivity index (χ0v) is 15.2. The van der Waals surface area contributed by atoms with Crippen molar-refractivity contribution >= 4 is 17.2 Å². The van der Waals surface area contributed by atoms with Crippen LogP contribution in [0.5, 0.6) is 5.88 Å². The van der Waals surface area contributed by atoms with Crippen molar-refractivity contribution < 1.29 is 9.53 Å². The molecule has 1 atom stereocenters. The maximum absolute atomic E-state index is 12.8. The molecule has 0 radical (unpaired) electrons. The zero-order chi connectivity index (χ0) is 17.8. The van der Waals surface area contributed by atoms with Gasteiger partial charge in [0.2, 0.25) is 5.88 Å². The molecule has 0 unspecified atom stereocenters. The number of aromatic nitrogens is 3. The lowest BCUT2D eigenvalue weighted by molar-refractivity contribution is 0.0935. The summed E-state index contributed by atoms with van der Waals surface area (Å²) in [4.78, 5) is 17.0. The van der Waals surface area contributed by atoms with E-state index in [1.807, 2.05) is 31.5 Å². The van der Waals surface area contributed by atoms with E-state index in [1.165, 1.54) is 0 Å². The zero-order valence-electron chi connectivity index (χ0n) is 14.4.